The third-order valence-electron chi connectivity index (χ3n) is 3.47. The Hall–Kier alpha value is -1.62. The lowest BCUT2D eigenvalue weighted by Crippen LogP contribution is -2.27. The molecule has 1 aromatic heterocycles. The maximum Gasteiger partial charge on any atom is 0.253 e. The van der Waals surface area contributed by atoms with Gasteiger partial charge in [-0.2, -0.15) is 5.10 Å². The Kier molecular flexibility index (Phi) is 4.83. The van der Waals surface area contributed by atoms with Crippen LogP contribution in [0.5, 0.6) is 0 Å². The Balaban J connectivity index is 2.27. The summed E-state index contributed by atoms with van der Waals surface area (Å²) in [5.74, 6) is 0.0537. The molecule has 2 aromatic rings. The number of benzene rings is 1. The predicted molar refractivity (Wildman–Crippen MR) is 88.0 cm³/mol. The van der Waals surface area contributed by atoms with E-state index in [4.69, 9.17) is 0 Å². The highest BCUT2D eigenvalue weighted by atomic mass is 79.9. The van der Waals surface area contributed by atoms with Gasteiger partial charge < -0.3 is 4.90 Å². The number of carbonyl (C=O) groups excluding carboxylic acids is 1. The third kappa shape index (κ3) is 3.18. The van der Waals surface area contributed by atoms with Gasteiger partial charge in [-0.15, -0.1) is 0 Å². The number of carbonyl (C=O) groups is 1. The summed E-state index contributed by atoms with van der Waals surface area (Å²) in [6, 6.07) is 7.57. The first kappa shape index (κ1) is 15.8. The smallest absolute Gasteiger partial charge is 0.253 e. The average molecular weight is 350 g/mol. The molecule has 0 radical (unpaired) electrons. The molecule has 2 rings (SSSR count). The molecule has 1 aromatic carbocycles. The summed E-state index contributed by atoms with van der Waals surface area (Å²) in [5.41, 5.74) is 3.66. The second-order valence-electron chi connectivity index (χ2n) is 5.17. The fourth-order valence-corrected chi connectivity index (χ4v) is 2.52. The number of aryl methyl sites for hydroxylation is 1. The van der Waals surface area contributed by atoms with Crippen molar-refractivity contribution in [1.29, 1.82) is 0 Å². The zero-order valence-electron chi connectivity index (χ0n) is 12.9. The molecule has 0 atom stereocenters. The summed E-state index contributed by atoms with van der Waals surface area (Å²) in [6.07, 6.45) is 0.958. The van der Waals surface area contributed by atoms with Gasteiger partial charge in [0.2, 0.25) is 0 Å². The van der Waals surface area contributed by atoms with Crippen LogP contribution in [0.2, 0.25) is 0 Å². The molecule has 5 heteroatoms. The van der Waals surface area contributed by atoms with E-state index in [-0.39, 0.29) is 5.91 Å². The van der Waals surface area contributed by atoms with Gasteiger partial charge in [0.1, 0.15) is 0 Å². The number of halogens is 1. The van der Waals surface area contributed by atoms with Crippen molar-refractivity contribution in [2.45, 2.75) is 27.2 Å². The first-order chi connectivity index (χ1) is 9.95. The van der Waals surface area contributed by atoms with Gasteiger partial charge in [0.25, 0.3) is 5.91 Å². The van der Waals surface area contributed by atoms with Gasteiger partial charge in [0.15, 0.2) is 0 Å². The number of hydrogen-bond donors (Lipinski definition) is 0. The molecule has 0 unspecified atom stereocenters. The minimum atomic E-state index is 0.0537. The first-order valence-corrected chi connectivity index (χ1v) is 7.82. The number of amides is 1. The molecule has 112 valence electrons. The zero-order valence-corrected chi connectivity index (χ0v) is 14.4. The molecule has 21 heavy (non-hydrogen) atoms. The number of hydrogen-bond acceptors (Lipinski definition) is 2. The van der Waals surface area contributed by atoms with E-state index in [0.29, 0.717) is 5.56 Å². The molecule has 0 fully saturated rings. The normalized spacial score (nSPS) is 10.7. The largest absolute Gasteiger partial charge is 0.342 e. The van der Waals surface area contributed by atoms with Gasteiger partial charge >= 0.3 is 0 Å². The van der Waals surface area contributed by atoms with Crippen molar-refractivity contribution in [1.82, 2.24) is 14.7 Å². The highest BCUT2D eigenvalue weighted by Crippen LogP contribution is 2.23. The monoisotopic (exact) mass is 349 g/mol. The standard InChI is InChI=1S/C16H20BrN3O/c1-5-10-19(4)16(21)13-6-8-14(9-7-13)20-12(3)15(17)11(2)18-20/h6-9H,5,10H2,1-4H3. The Morgan fingerprint density at radius 1 is 1.29 bits per heavy atom. The molecule has 0 bridgehead atoms. The van der Waals surface area contributed by atoms with E-state index >= 15 is 0 Å². The zero-order chi connectivity index (χ0) is 15.6. The van der Waals surface area contributed by atoms with E-state index in [2.05, 4.69) is 28.0 Å². The van der Waals surface area contributed by atoms with Crippen molar-refractivity contribution in [3.05, 3.63) is 45.7 Å². The minimum Gasteiger partial charge on any atom is -0.342 e. The summed E-state index contributed by atoms with van der Waals surface area (Å²) in [5, 5.41) is 4.49. The van der Waals surface area contributed by atoms with Crippen LogP contribution in [0.15, 0.2) is 28.7 Å². The van der Waals surface area contributed by atoms with Crippen LogP contribution >= 0.6 is 15.9 Å². The maximum absolute atomic E-state index is 12.2. The van der Waals surface area contributed by atoms with Crippen LogP contribution in [0, 0.1) is 13.8 Å². The summed E-state index contributed by atoms with van der Waals surface area (Å²) in [7, 11) is 1.83. The van der Waals surface area contributed by atoms with Crippen LogP contribution in [0.3, 0.4) is 0 Å². The van der Waals surface area contributed by atoms with Crippen molar-refractivity contribution in [3.63, 3.8) is 0 Å². The highest BCUT2D eigenvalue weighted by Gasteiger charge is 2.13. The fraction of sp³-hybridized carbons (Fsp3) is 0.375. The summed E-state index contributed by atoms with van der Waals surface area (Å²) in [4.78, 5) is 13.9. The van der Waals surface area contributed by atoms with E-state index in [9.17, 15) is 4.79 Å². The molecule has 0 spiro atoms. The Morgan fingerprint density at radius 2 is 1.90 bits per heavy atom. The van der Waals surface area contributed by atoms with Crippen LogP contribution in [-0.2, 0) is 0 Å². The molecule has 4 nitrogen and oxygen atoms in total. The lowest BCUT2D eigenvalue weighted by molar-refractivity contribution is 0.0795. The topological polar surface area (TPSA) is 38.1 Å². The van der Waals surface area contributed by atoms with E-state index in [0.717, 1.165) is 34.5 Å². The van der Waals surface area contributed by atoms with Crippen molar-refractivity contribution in [3.8, 4) is 5.69 Å². The third-order valence-corrected chi connectivity index (χ3v) is 4.62. The molecule has 1 amide bonds. The SMILES string of the molecule is CCCN(C)C(=O)c1ccc(-n2nc(C)c(Br)c2C)cc1. The van der Waals surface area contributed by atoms with E-state index < -0.39 is 0 Å². The van der Waals surface area contributed by atoms with Crippen LogP contribution in [0.4, 0.5) is 0 Å². The summed E-state index contributed by atoms with van der Waals surface area (Å²) in [6.45, 7) is 6.81. The van der Waals surface area contributed by atoms with Gasteiger partial charge in [-0.05, 0) is 60.5 Å². The van der Waals surface area contributed by atoms with Crippen molar-refractivity contribution >= 4 is 21.8 Å². The van der Waals surface area contributed by atoms with Crippen molar-refractivity contribution < 1.29 is 4.79 Å². The molecule has 1 heterocycles. The lowest BCUT2D eigenvalue weighted by Gasteiger charge is -2.16. The Morgan fingerprint density at radius 3 is 2.38 bits per heavy atom. The number of nitrogens with zero attached hydrogens (tertiary/aromatic N) is 3. The van der Waals surface area contributed by atoms with Crippen molar-refractivity contribution in [2.24, 2.45) is 0 Å². The quantitative estimate of drug-likeness (QED) is 0.843. The minimum absolute atomic E-state index is 0.0537. The first-order valence-electron chi connectivity index (χ1n) is 7.03. The predicted octanol–water partition coefficient (Wildman–Crippen LogP) is 3.73. The van der Waals surface area contributed by atoms with E-state index in [1.807, 2.05) is 49.8 Å². The molecule has 0 aliphatic carbocycles. The molecule has 0 aliphatic heterocycles. The molecule has 0 saturated heterocycles. The summed E-state index contributed by atoms with van der Waals surface area (Å²) >= 11 is 3.53. The number of rotatable bonds is 4. The highest BCUT2D eigenvalue weighted by molar-refractivity contribution is 9.10. The van der Waals surface area contributed by atoms with Crippen molar-refractivity contribution in [2.75, 3.05) is 13.6 Å². The van der Waals surface area contributed by atoms with Crippen LogP contribution in [0.1, 0.15) is 35.1 Å². The van der Waals surface area contributed by atoms with E-state index in [1.165, 1.54) is 0 Å². The maximum atomic E-state index is 12.2. The number of aromatic nitrogens is 2. The van der Waals surface area contributed by atoms with Gasteiger partial charge in [-0.25, -0.2) is 4.68 Å². The molecular formula is C16H20BrN3O. The van der Waals surface area contributed by atoms with Gasteiger partial charge in [0, 0.05) is 19.2 Å². The average Bonchev–Trinajstić information content (AvgIpc) is 2.74. The van der Waals surface area contributed by atoms with Gasteiger partial charge in [-0.1, -0.05) is 6.92 Å². The van der Waals surface area contributed by atoms with Gasteiger partial charge in [-0.3, -0.25) is 4.79 Å². The van der Waals surface area contributed by atoms with Crippen LogP contribution in [-0.4, -0.2) is 34.2 Å². The Labute approximate surface area is 133 Å². The fourth-order valence-electron chi connectivity index (χ4n) is 2.28. The van der Waals surface area contributed by atoms with Crippen LogP contribution in [0.25, 0.3) is 5.69 Å². The molecule has 0 N–H and O–H groups in total. The molecular weight excluding hydrogens is 330 g/mol. The summed E-state index contributed by atoms with van der Waals surface area (Å²) < 4.78 is 2.90. The Bertz CT molecular complexity index is 646. The second kappa shape index (κ2) is 6.43. The van der Waals surface area contributed by atoms with Crippen LogP contribution < -0.4 is 0 Å². The lowest BCUT2D eigenvalue weighted by atomic mass is 10.2. The second-order valence-corrected chi connectivity index (χ2v) is 5.96. The molecule has 0 aliphatic rings. The van der Waals surface area contributed by atoms with Gasteiger partial charge in [0.05, 0.1) is 21.5 Å². The molecule has 0 saturated carbocycles. The van der Waals surface area contributed by atoms with E-state index in [1.54, 1.807) is 4.90 Å².